The molecule has 1 rings (SSSR count). The largest absolute Gasteiger partial charge is 0.249 e. The molecule has 0 saturated carbocycles. The highest BCUT2D eigenvalue weighted by atomic mass is 35.5. The van der Waals surface area contributed by atoms with Gasteiger partial charge < -0.3 is 0 Å². The molecule has 0 saturated heterocycles. The molecule has 1 aromatic heterocycles. The highest BCUT2D eigenvalue weighted by Crippen LogP contribution is 2.04. The van der Waals surface area contributed by atoms with Crippen LogP contribution in [0.25, 0.3) is 0 Å². The van der Waals surface area contributed by atoms with Crippen molar-refractivity contribution in [1.82, 2.24) is 14.8 Å². The van der Waals surface area contributed by atoms with E-state index < -0.39 is 0 Å². The molecular formula is C9H16ClN3. The van der Waals surface area contributed by atoms with Gasteiger partial charge in [-0.15, -0.1) is 11.6 Å². The Hall–Kier alpha value is -0.570. The van der Waals surface area contributed by atoms with Gasteiger partial charge in [-0.25, -0.2) is 9.67 Å². The van der Waals surface area contributed by atoms with Crippen LogP contribution in [-0.4, -0.2) is 14.8 Å². The van der Waals surface area contributed by atoms with Crippen LogP contribution in [0.4, 0.5) is 0 Å². The van der Waals surface area contributed by atoms with E-state index >= 15 is 0 Å². The third-order valence-corrected chi connectivity index (χ3v) is 2.28. The van der Waals surface area contributed by atoms with E-state index in [9.17, 15) is 0 Å². The summed E-state index contributed by atoms with van der Waals surface area (Å²) in [7, 11) is 0. The average Bonchev–Trinajstić information content (AvgIpc) is 2.60. The predicted octanol–water partition coefficient (Wildman–Crippen LogP) is 2.60. The number of alkyl halides is 1. The molecular weight excluding hydrogens is 186 g/mol. The number of rotatable bonds is 6. The van der Waals surface area contributed by atoms with Crippen molar-refractivity contribution >= 4 is 11.6 Å². The van der Waals surface area contributed by atoms with Gasteiger partial charge in [-0.05, 0) is 6.42 Å². The van der Waals surface area contributed by atoms with Crippen LogP contribution in [0.5, 0.6) is 0 Å². The molecule has 74 valence electrons. The summed E-state index contributed by atoms with van der Waals surface area (Å²) in [6.07, 6.45) is 6.56. The van der Waals surface area contributed by atoms with Crippen LogP contribution in [0.3, 0.4) is 0 Å². The number of hydrogen-bond donors (Lipinski definition) is 0. The van der Waals surface area contributed by atoms with Crippen molar-refractivity contribution in [2.75, 3.05) is 0 Å². The molecule has 0 unspecified atom stereocenters. The second kappa shape index (κ2) is 5.97. The minimum Gasteiger partial charge on any atom is -0.249 e. The average molecular weight is 202 g/mol. The second-order valence-electron chi connectivity index (χ2n) is 3.09. The Kier molecular flexibility index (Phi) is 4.83. The van der Waals surface area contributed by atoms with Gasteiger partial charge in [0, 0.05) is 6.54 Å². The van der Waals surface area contributed by atoms with E-state index in [4.69, 9.17) is 11.6 Å². The van der Waals surface area contributed by atoms with Crippen molar-refractivity contribution < 1.29 is 0 Å². The number of aryl methyl sites for hydroxylation is 1. The third kappa shape index (κ3) is 3.35. The zero-order valence-electron chi connectivity index (χ0n) is 8.04. The van der Waals surface area contributed by atoms with Crippen LogP contribution < -0.4 is 0 Å². The van der Waals surface area contributed by atoms with Crippen LogP contribution >= 0.6 is 11.6 Å². The first-order valence-corrected chi connectivity index (χ1v) is 5.34. The first-order chi connectivity index (χ1) is 6.38. The minimum atomic E-state index is 0.452. The maximum absolute atomic E-state index is 5.69. The highest BCUT2D eigenvalue weighted by Gasteiger charge is 2.00. The molecule has 13 heavy (non-hydrogen) atoms. The topological polar surface area (TPSA) is 30.7 Å². The van der Waals surface area contributed by atoms with Gasteiger partial charge in [-0.3, -0.25) is 0 Å². The summed E-state index contributed by atoms with van der Waals surface area (Å²) in [6.45, 7) is 3.15. The minimum absolute atomic E-state index is 0.452. The molecule has 1 aromatic rings. The van der Waals surface area contributed by atoms with Crippen molar-refractivity contribution in [2.45, 2.75) is 45.0 Å². The fraction of sp³-hybridized carbons (Fsp3) is 0.778. The maximum Gasteiger partial charge on any atom is 0.141 e. The number of unbranched alkanes of at least 4 members (excludes halogenated alkanes) is 3. The van der Waals surface area contributed by atoms with Gasteiger partial charge in [0.2, 0.25) is 0 Å². The van der Waals surface area contributed by atoms with E-state index in [1.807, 2.05) is 4.68 Å². The lowest BCUT2D eigenvalue weighted by Crippen LogP contribution is -2.04. The standard InChI is InChI=1S/C9H16ClN3/c1-2-3-4-5-6-13-9(7-10)11-8-12-13/h8H,2-7H2,1H3. The van der Waals surface area contributed by atoms with E-state index in [1.54, 1.807) is 6.33 Å². The zero-order chi connectivity index (χ0) is 9.52. The lowest BCUT2D eigenvalue weighted by molar-refractivity contribution is 0.528. The van der Waals surface area contributed by atoms with E-state index in [2.05, 4.69) is 17.0 Å². The van der Waals surface area contributed by atoms with Gasteiger partial charge in [0.15, 0.2) is 0 Å². The quantitative estimate of drug-likeness (QED) is 0.523. The molecule has 0 aliphatic heterocycles. The van der Waals surface area contributed by atoms with Gasteiger partial charge in [-0.2, -0.15) is 5.10 Å². The molecule has 0 aromatic carbocycles. The molecule has 4 heteroatoms. The second-order valence-corrected chi connectivity index (χ2v) is 3.36. The molecule has 3 nitrogen and oxygen atoms in total. The lowest BCUT2D eigenvalue weighted by atomic mass is 10.2. The monoisotopic (exact) mass is 201 g/mol. The molecule has 0 bridgehead atoms. The first-order valence-electron chi connectivity index (χ1n) is 4.81. The lowest BCUT2D eigenvalue weighted by Gasteiger charge is -2.02. The SMILES string of the molecule is CCCCCCn1ncnc1CCl. The summed E-state index contributed by atoms with van der Waals surface area (Å²) in [5, 5.41) is 4.11. The van der Waals surface area contributed by atoms with E-state index in [0.29, 0.717) is 5.88 Å². The van der Waals surface area contributed by atoms with Gasteiger partial charge >= 0.3 is 0 Å². The predicted molar refractivity (Wildman–Crippen MR) is 53.7 cm³/mol. The number of nitrogens with zero attached hydrogens (tertiary/aromatic N) is 3. The Morgan fingerprint density at radius 1 is 1.38 bits per heavy atom. The first kappa shape index (κ1) is 10.5. The number of hydrogen-bond acceptors (Lipinski definition) is 2. The van der Waals surface area contributed by atoms with E-state index in [0.717, 1.165) is 12.4 Å². The highest BCUT2D eigenvalue weighted by molar-refractivity contribution is 6.16. The Morgan fingerprint density at radius 2 is 2.23 bits per heavy atom. The summed E-state index contributed by atoms with van der Waals surface area (Å²) in [4.78, 5) is 4.05. The molecule has 0 radical (unpaired) electrons. The Balaban J connectivity index is 2.27. The van der Waals surface area contributed by atoms with E-state index in [1.165, 1.54) is 25.7 Å². The van der Waals surface area contributed by atoms with Crippen LogP contribution in [0.2, 0.25) is 0 Å². The van der Waals surface area contributed by atoms with Crippen molar-refractivity contribution in [1.29, 1.82) is 0 Å². The van der Waals surface area contributed by atoms with Crippen molar-refractivity contribution in [3.63, 3.8) is 0 Å². The Morgan fingerprint density at radius 3 is 2.92 bits per heavy atom. The fourth-order valence-electron chi connectivity index (χ4n) is 1.27. The van der Waals surface area contributed by atoms with Gasteiger partial charge in [0.05, 0.1) is 5.88 Å². The summed E-state index contributed by atoms with van der Waals surface area (Å²) in [5.74, 6) is 1.33. The van der Waals surface area contributed by atoms with E-state index in [-0.39, 0.29) is 0 Å². The molecule has 0 fully saturated rings. The van der Waals surface area contributed by atoms with Crippen LogP contribution in [0, 0.1) is 0 Å². The molecule has 0 spiro atoms. The van der Waals surface area contributed by atoms with Crippen LogP contribution in [-0.2, 0) is 12.4 Å². The smallest absolute Gasteiger partial charge is 0.141 e. The molecule has 0 aliphatic rings. The summed E-state index contributed by atoms with van der Waals surface area (Å²) in [5.41, 5.74) is 0. The van der Waals surface area contributed by atoms with Gasteiger partial charge in [0.25, 0.3) is 0 Å². The molecule has 0 N–H and O–H groups in total. The van der Waals surface area contributed by atoms with Gasteiger partial charge in [-0.1, -0.05) is 26.2 Å². The zero-order valence-corrected chi connectivity index (χ0v) is 8.80. The van der Waals surface area contributed by atoms with Crippen molar-refractivity contribution in [2.24, 2.45) is 0 Å². The Bertz CT molecular complexity index is 235. The molecule has 0 aliphatic carbocycles. The third-order valence-electron chi connectivity index (χ3n) is 2.04. The number of aromatic nitrogens is 3. The molecule has 1 heterocycles. The van der Waals surface area contributed by atoms with Crippen LogP contribution in [0.1, 0.15) is 38.4 Å². The van der Waals surface area contributed by atoms with Crippen LogP contribution in [0.15, 0.2) is 6.33 Å². The summed E-state index contributed by atoms with van der Waals surface area (Å²) in [6, 6.07) is 0. The fourth-order valence-corrected chi connectivity index (χ4v) is 1.47. The summed E-state index contributed by atoms with van der Waals surface area (Å²) >= 11 is 5.69. The van der Waals surface area contributed by atoms with Crippen molar-refractivity contribution in [3.05, 3.63) is 12.2 Å². The summed E-state index contributed by atoms with van der Waals surface area (Å²) < 4.78 is 1.89. The number of halogens is 1. The molecule has 0 atom stereocenters. The maximum atomic E-state index is 5.69. The normalized spacial score (nSPS) is 10.6. The van der Waals surface area contributed by atoms with Gasteiger partial charge in [0.1, 0.15) is 12.2 Å². The molecule has 0 amide bonds. The Labute approximate surface area is 84.1 Å². The van der Waals surface area contributed by atoms with Crippen molar-refractivity contribution in [3.8, 4) is 0 Å².